The number of carbonyl (C=O) groups excluding carboxylic acids is 3. The first kappa shape index (κ1) is 53.6. The van der Waals surface area contributed by atoms with E-state index in [4.69, 9.17) is 14.2 Å². The summed E-state index contributed by atoms with van der Waals surface area (Å²) in [4.78, 5) is 37.7. The van der Waals surface area contributed by atoms with E-state index < -0.39 is 12.1 Å². The molecule has 57 heavy (non-hydrogen) atoms. The van der Waals surface area contributed by atoms with Crippen molar-refractivity contribution >= 4 is 17.9 Å². The minimum absolute atomic E-state index is 0.112. The van der Waals surface area contributed by atoms with Gasteiger partial charge in [-0.2, -0.15) is 0 Å². The first-order valence-electron chi connectivity index (χ1n) is 23.1. The Labute approximate surface area is 350 Å². The molecule has 0 saturated carbocycles. The SMILES string of the molecule is CC\C=C/C=C\C=C/C=C\CCCCCCCC(=O)OCC(COC(=O)CCCCCCC/C=C\CCCC)OC(=O)CC/C=C\C/C=C\CCCCCCCC. The van der Waals surface area contributed by atoms with Gasteiger partial charge in [-0.1, -0.05) is 189 Å². The summed E-state index contributed by atoms with van der Waals surface area (Å²) >= 11 is 0. The number of rotatable bonds is 40. The Balaban J connectivity index is 4.52. The zero-order valence-electron chi connectivity index (χ0n) is 36.8. The van der Waals surface area contributed by atoms with Crippen LogP contribution in [0.4, 0.5) is 0 Å². The summed E-state index contributed by atoms with van der Waals surface area (Å²) in [7, 11) is 0. The minimum atomic E-state index is -0.818. The quantitative estimate of drug-likeness (QED) is 0.0202. The zero-order chi connectivity index (χ0) is 41.5. The van der Waals surface area contributed by atoms with Crippen LogP contribution < -0.4 is 0 Å². The third-order valence-electron chi connectivity index (χ3n) is 9.46. The molecule has 0 heterocycles. The summed E-state index contributed by atoms with van der Waals surface area (Å²) in [6.07, 6.45) is 57.2. The van der Waals surface area contributed by atoms with E-state index in [9.17, 15) is 14.4 Å². The highest BCUT2D eigenvalue weighted by Gasteiger charge is 2.19. The van der Waals surface area contributed by atoms with Crippen molar-refractivity contribution in [2.24, 2.45) is 0 Å². The molecule has 0 spiro atoms. The fraction of sp³-hybridized carbons (Fsp3) is 0.667. The standard InChI is InChI=1S/C51H84O6/c1-4-7-10-13-16-19-22-24-25-27-29-32-35-38-41-44-50(53)56-47-48(46-55-49(52)43-40-37-34-31-28-21-18-15-12-9-6-3)57-51(54)45-42-39-36-33-30-26-23-20-17-14-11-8-5-2/h7,10,13,15-16,18-19,22,24-26,30,36,39,48H,4-6,8-9,11-12,14,17,20-21,23,27-29,31-35,37-38,40-47H2,1-3H3/b10-7-,16-13-,18-15-,22-19-,25-24-,30-26-,39-36-. The second-order valence-electron chi connectivity index (χ2n) is 15.0. The molecule has 0 radical (unpaired) electrons. The molecular formula is C51H84O6. The maximum Gasteiger partial charge on any atom is 0.306 e. The van der Waals surface area contributed by atoms with Crippen molar-refractivity contribution in [1.82, 2.24) is 0 Å². The number of esters is 3. The number of unbranched alkanes of at least 4 members (excludes halogenated alkanes) is 18. The summed E-state index contributed by atoms with van der Waals surface area (Å²) in [5.41, 5.74) is 0. The Hall–Kier alpha value is -3.41. The third kappa shape index (κ3) is 43.6. The van der Waals surface area contributed by atoms with Gasteiger partial charge in [0.05, 0.1) is 0 Å². The molecular weight excluding hydrogens is 709 g/mol. The van der Waals surface area contributed by atoms with Gasteiger partial charge in [-0.15, -0.1) is 0 Å². The largest absolute Gasteiger partial charge is 0.462 e. The highest BCUT2D eigenvalue weighted by atomic mass is 16.6. The molecule has 0 rings (SSSR count). The average molecular weight is 793 g/mol. The van der Waals surface area contributed by atoms with Crippen LogP contribution in [0.15, 0.2) is 85.1 Å². The smallest absolute Gasteiger partial charge is 0.306 e. The van der Waals surface area contributed by atoms with E-state index in [1.54, 1.807) is 0 Å². The average Bonchev–Trinajstić information content (AvgIpc) is 3.21. The minimum Gasteiger partial charge on any atom is -0.462 e. The van der Waals surface area contributed by atoms with Gasteiger partial charge in [0, 0.05) is 19.3 Å². The van der Waals surface area contributed by atoms with Crippen molar-refractivity contribution in [3.05, 3.63) is 85.1 Å². The Morgan fingerprint density at radius 3 is 1.35 bits per heavy atom. The molecule has 0 aromatic carbocycles. The predicted molar refractivity (Wildman–Crippen MR) is 242 cm³/mol. The topological polar surface area (TPSA) is 78.9 Å². The van der Waals surface area contributed by atoms with Gasteiger partial charge in [-0.05, 0) is 77.0 Å². The Bertz CT molecular complexity index is 1140. The number of carbonyl (C=O) groups is 3. The first-order valence-corrected chi connectivity index (χ1v) is 23.1. The first-order chi connectivity index (χ1) is 28.0. The van der Waals surface area contributed by atoms with E-state index >= 15 is 0 Å². The maximum absolute atomic E-state index is 12.7. The predicted octanol–water partition coefficient (Wildman–Crippen LogP) is 14.9. The van der Waals surface area contributed by atoms with Crippen LogP contribution in [0.5, 0.6) is 0 Å². The van der Waals surface area contributed by atoms with Crippen LogP contribution in [0, 0.1) is 0 Å². The highest BCUT2D eigenvalue weighted by Crippen LogP contribution is 2.12. The van der Waals surface area contributed by atoms with Crippen molar-refractivity contribution in [1.29, 1.82) is 0 Å². The van der Waals surface area contributed by atoms with Crippen LogP contribution >= 0.6 is 0 Å². The van der Waals surface area contributed by atoms with Crippen molar-refractivity contribution < 1.29 is 28.6 Å². The molecule has 0 N–H and O–H groups in total. The highest BCUT2D eigenvalue weighted by molar-refractivity contribution is 5.71. The van der Waals surface area contributed by atoms with Crippen molar-refractivity contribution in [3.8, 4) is 0 Å². The van der Waals surface area contributed by atoms with Gasteiger partial charge in [-0.25, -0.2) is 0 Å². The van der Waals surface area contributed by atoms with E-state index in [0.717, 1.165) is 89.9 Å². The molecule has 0 saturated heterocycles. The van der Waals surface area contributed by atoms with E-state index in [1.165, 1.54) is 64.2 Å². The number of allylic oxidation sites excluding steroid dienone is 14. The monoisotopic (exact) mass is 793 g/mol. The Morgan fingerprint density at radius 2 is 0.807 bits per heavy atom. The maximum atomic E-state index is 12.7. The van der Waals surface area contributed by atoms with Gasteiger partial charge in [0.2, 0.25) is 0 Å². The summed E-state index contributed by atoms with van der Waals surface area (Å²) < 4.78 is 16.6. The van der Waals surface area contributed by atoms with Gasteiger partial charge in [-0.3, -0.25) is 14.4 Å². The van der Waals surface area contributed by atoms with Gasteiger partial charge < -0.3 is 14.2 Å². The van der Waals surface area contributed by atoms with Crippen LogP contribution in [0.3, 0.4) is 0 Å². The molecule has 324 valence electrons. The van der Waals surface area contributed by atoms with Crippen molar-refractivity contribution in [2.45, 2.75) is 207 Å². The Kier molecular flexibility index (Phi) is 42.6. The molecule has 0 aromatic rings. The van der Waals surface area contributed by atoms with Crippen molar-refractivity contribution in [3.63, 3.8) is 0 Å². The molecule has 0 aliphatic rings. The van der Waals surface area contributed by atoms with E-state index in [-0.39, 0.29) is 31.6 Å². The van der Waals surface area contributed by atoms with Crippen LogP contribution in [-0.4, -0.2) is 37.2 Å². The fourth-order valence-electron chi connectivity index (χ4n) is 5.95. The molecule has 0 fully saturated rings. The third-order valence-corrected chi connectivity index (χ3v) is 9.46. The second-order valence-corrected chi connectivity index (χ2v) is 15.0. The van der Waals surface area contributed by atoms with Crippen LogP contribution in [-0.2, 0) is 28.6 Å². The molecule has 0 aromatic heterocycles. The van der Waals surface area contributed by atoms with Gasteiger partial charge >= 0.3 is 17.9 Å². The molecule has 6 heteroatoms. The summed E-state index contributed by atoms with van der Waals surface area (Å²) in [5, 5.41) is 0. The molecule has 0 aliphatic heterocycles. The van der Waals surface area contributed by atoms with E-state index in [1.807, 2.05) is 30.4 Å². The fourth-order valence-corrected chi connectivity index (χ4v) is 5.95. The molecule has 0 bridgehead atoms. The summed E-state index contributed by atoms with van der Waals surface area (Å²) in [6, 6.07) is 0. The van der Waals surface area contributed by atoms with E-state index in [0.29, 0.717) is 19.3 Å². The molecule has 6 nitrogen and oxygen atoms in total. The zero-order valence-corrected chi connectivity index (χ0v) is 36.8. The molecule has 1 atom stereocenters. The van der Waals surface area contributed by atoms with Crippen LogP contribution in [0.1, 0.15) is 201 Å². The summed E-state index contributed by atoms with van der Waals surface area (Å²) in [5.74, 6) is -1.02. The van der Waals surface area contributed by atoms with Gasteiger partial charge in [0.15, 0.2) is 6.10 Å². The molecule has 0 aliphatic carbocycles. The Morgan fingerprint density at radius 1 is 0.386 bits per heavy atom. The lowest BCUT2D eigenvalue weighted by Gasteiger charge is -2.18. The lowest BCUT2D eigenvalue weighted by molar-refractivity contribution is -0.166. The van der Waals surface area contributed by atoms with Crippen LogP contribution in [0.25, 0.3) is 0 Å². The normalized spacial score (nSPS) is 12.8. The second kappa shape index (κ2) is 45.3. The van der Waals surface area contributed by atoms with Gasteiger partial charge in [0.25, 0.3) is 0 Å². The van der Waals surface area contributed by atoms with Gasteiger partial charge in [0.1, 0.15) is 13.2 Å². The lowest BCUT2D eigenvalue weighted by Crippen LogP contribution is -2.30. The van der Waals surface area contributed by atoms with E-state index in [2.05, 4.69) is 75.5 Å². The molecule has 0 amide bonds. The number of hydrogen-bond donors (Lipinski definition) is 0. The lowest BCUT2D eigenvalue weighted by atomic mass is 10.1. The number of hydrogen-bond acceptors (Lipinski definition) is 6. The molecule has 1 unspecified atom stereocenters. The number of ether oxygens (including phenoxy) is 3. The van der Waals surface area contributed by atoms with Crippen molar-refractivity contribution in [2.75, 3.05) is 13.2 Å². The summed E-state index contributed by atoms with van der Waals surface area (Å²) in [6.45, 7) is 6.35. The van der Waals surface area contributed by atoms with Crippen LogP contribution in [0.2, 0.25) is 0 Å².